The Bertz CT molecular complexity index is 2260. The standard InChI is InChI=1S/C45H44N6O5/c1-6-55-42(53)39-40(43(3,4)54)46-44(5,30-56-31(2)52)50(39)36-28-26-32(27-29-36)37-24-16-17-25-38(37)41-47-48-49-51(41)45(33-18-10-7-11-19-33,34-20-12-8-13-21-34)35-22-14-9-15-23-35/h7-29,46,54H,6,30H2,1-5H3. The molecule has 11 heteroatoms. The van der Waals surface area contributed by atoms with Crippen LogP contribution in [-0.2, 0) is 24.6 Å². The zero-order chi connectivity index (χ0) is 39.5. The molecule has 0 saturated heterocycles. The first kappa shape index (κ1) is 37.7. The van der Waals surface area contributed by atoms with E-state index in [-0.39, 0.29) is 24.6 Å². The second kappa shape index (κ2) is 15.3. The molecule has 2 N–H and O–H groups in total. The highest BCUT2D eigenvalue weighted by Gasteiger charge is 2.50. The van der Waals surface area contributed by atoms with E-state index in [0.29, 0.717) is 11.5 Å². The van der Waals surface area contributed by atoms with E-state index < -0.39 is 28.7 Å². The van der Waals surface area contributed by atoms with Crippen LogP contribution in [0, 0.1) is 0 Å². The lowest BCUT2D eigenvalue weighted by Gasteiger charge is -2.37. The van der Waals surface area contributed by atoms with Crippen molar-refractivity contribution in [2.45, 2.75) is 51.4 Å². The van der Waals surface area contributed by atoms with E-state index in [9.17, 15) is 14.7 Å². The minimum Gasteiger partial charge on any atom is -0.461 e. The second-order valence-corrected chi connectivity index (χ2v) is 14.3. The van der Waals surface area contributed by atoms with Gasteiger partial charge >= 0.3 is 11.9 Å². The summed E-state index contributed by atoms with van der Waals surface area (Å²) < 4.78 is 12.9. The zero-order valence-electron chi connectivity index (χ0n) is 32.0. The van der Waals surface area contributed by atoms with Gasteiger partial charge in [0.05, 0.1) is 12.3 Å². The second-order valence-electron chi connectivity index (χ2n) is 14.3. The summed E-state index contributed by atoms with van der Waals surface area (Å²) in [7, 11) is 0. The fraction of sp³-hybridized carbons (Fsp3) is 0.222. The number of carbonyl (C=O) groups is 2. The maximum atomic E-state index is 13.6. The van der Waals surface area contributed by atoms with Crippen molar-refractivity contribution in [2.24, 2.45) is 0 Å². The van der Waals surface area contributed by atoms with Gasteiger partial charge in [0, 0.05) is 18.2 Å². The molecule has 1 aromatic heterocycles. The van der Waals surface area contributed by atoms with Gasteiger partial charge in [-0.2, -0.15) is 0 Å². The Morgan fingerprint density at radius 2 is 1.27 bits per heavy atom. The highest BCUT2D eigenvalue weighted by molar-refractivity contribution is 5.96. The molecule has 0 aliphatic carbocycles. The number of hydrogen-bond acceptors (Lipinski definition) is 10. The third kappa shape index (κ3) is 6.81. The number of nitrogens with zero attached hydrogens (tertiary/aromatic N) is 5. The minimum absolute atomic E-state index is 0.121. The third-order valence-electron chi connectivity index (χ3n) is 9.95. The first-order chi connectivity index (χ1) is 27.0. The predicted molar refractivity (Wildman–Crippen MR) is 214 cm³/mol. The normalized spacial score (nSPS) is 15.7. The minimum atomic E-state index is -1.45. The third-order valence-corrected chi connectivity index (χ3v) is 9.95. The van der Waals surface area contributed by atoms with Crippen LogP contribution < -0.4 is 10.2 Å². The number of rotatable bonds is 12. The van der Waals surface area contributed by atoms with Crippen LogP contribution in [0.25, 0.3) is 22.5 Å². The molecule has 1 aliphatic rings. The van der Waals surface area contributed by atoms with Gasteiger partial charge in [0.1, 0.15) is 23.4 Å². The van der Waals surface area contributed by atoms with Gasteiger partial charge in [-0.1, -0.05) is 127 Å². The van der Waals surface area contributed by atoms with Gasteiger partial charge < -0.3 is 24.8 Å². The van der Waals surface area contributed by atoms with E-state index in [1.165, 1.54) is 6.92 Å². The van der Waals surface area contributed by atoms with E-state index in [2.05, 4.69) is 46.9 Å². The van der Waals surface area contributed by atoms with Crippen molar-refractivity contribution < 1.29 is 24.2 Å². The van der Waals surface area contributed by atoms with Crippen molar-refractivity contribution >= 4 is 17.6 Å². The lowest BCUT2D eigenvalue weighted by Crippen LogP contribution is -2.55. The molecule has 1 unspecified atom stereocenters. The van der Waals surface area contributed by atoms with Crippen molar-refractivity contribution in [1.82, 2.24) is 25.5 Å². The Labute approximate surface area is 326 Å². The molecular formula is C45H44N6O5. The average Bonchev–Trinajstić information content (AvgIpc) is 3.83. The lowest BCUT2D eigenvalue weighted by atomic mass is 9.77. The van der Waals surface area contributed by atoms with E-state index in [0.717, 1.165) is 33.4 Å². The van der Waals surface area contributed by atoms with Gasteiger partial charge in [0.2, 0.25) is 0 Å². The first-order valence-corrected chi connectivity index (χ1v) is 18.5. The number of tetrazole rings is 1. The van der Waals surface area contributed by atoms with Crippen molar-refractivity contribution in [2.75, 3.05) is 18.1 Å². The van der Waals surface area contributed by atoms with Crippen molar-refractivity contribution in [3.63, 3.8) is 0 Å². The molecule has 11 nitrogen and oxygen atoms in total. The maximum Gasteiger partial charge on any atom is 0.356 e. The Hall–Kier alpha value is -6.59. The molecule has 0 saturated carbocycles. The van der Waals surface area contributed by atoms with Crippen LogP contribution >= 0.6 is 0 Å². The van der Waals surface area contributed by atoms with Crippen molar-refractivity contribution in [3.8, 4) is 22.5 Å². The zero-order valence-corrected chi connectivity index (χ0v) is 32.0. The molecule has 2 heterocycles. The molecule has 0 bridgehead atoms. The fourth-order valence-electron chi connectivity index (χ4n) is 7.54. The van der Waals surface area contributed by atoms with Crippen LogP contribution in [0.4, 0.5) is 5.69 Å². The van der Waals surface area contributed by atoms with E-state index in [1.807, 2.05) is 108 Å². The average molecular weight is 749 g/mol. The molecule has 6 aromatic rings. The van der Waals surface area contributed by atoms with Gasteiger partial charge in [-0.05, 0) is 78.1 Å². The molecule has 5 aromatic carbocycles. The Balaban J connectivity index is 1.38. The van der Waals surface area contributed by atoms with Crippen LogP contribution in [0.15, 0.2) is 151 Å². The maximum absolute atomic E-state index is 13.6. The molecule has 0 fully saturated rings. The first-order valence-electron chi connectivity index (χ1n) is 18.5. The summed E-state index contributed by atoms with van der Waals surface area (Å²) >= 11 is 0. The number of aromatic nitrogens is 4. The van der Waals surface area contributed by atoms with Gasteiger partial charge in [-0.25, -0.2) is 9.48 Å². The molecule has 0 amide bonds. The van der Waals surface area contributed by atoms with Gasteiger partial charge in [-0.15, -0.1) is 5.10 Å². The molecule has 1 aliphatic heterocycles. The molecular weight excluding hydrogens is 705 g/mol. The van der Waals surface area contributed by atoms with Crippen LogP contribution in [-0.4, -0.2) is 61.7 Å². The van der Waals surface area contributed by atoms with Crippen LogP contribution in [0.2, 0.25) is 0 Å². The summed E-state index contributed by atoms with van der Waals surface area (Å²) in [5, 5.41) is 28.2. The Morgan fingerprint density at radius 3 is 1.77 bits per heavy atom. The van der Waals surface area contributed by atoms with Gasteiger partial charge in [-0.3, -0.25) is 4.79 Å². The summed E-state index contributed by atoms with van der Waals surface area (Å²) in [5.41, 5.74) is 2.95. The monoisotopic (exact) mass is 748 g/mol. The summed E-state index contributed by atoms with van der Waals surface area (Å²) in [6.45, 7) is 8.02. The molecule has 7 rings (SSSR count). The number of ether oxygens (including phenoxy) is 2. The molecule has 0 spiro atoms. The van der Waals surface area contributed by atoms with Gasteiger partial charge in [0.15, 0.2) is 11.5 Å². The van der Waals surface area contributed by atoms with E-state index in [1.54, 1.807) is 32.6 Å². The van der Waals surface area contributed by atoms with Crippen molar-refractivity contribution in [1.29, 1.82) is 0 Å². The number of anilines is 1. The van der Waals surface area contributed by atoms with Crippen LogP contribution in [0.1, 0.15) is 51.3 Å². The topological polar surface area (TPSA) is 132 Å². The Morgan fingerprint density at radius 1 is 0.750 bits per heavy atom. The molecule has 56 heavy (non-hydrogen) atoms. The number of esters is 2. The molecule has 1 atom stereocenters. The summed E-state index contributed by atoms with van der Waals surface area (Å²) in [6.07, 6.45) is 0. The Kier molecular flexibility index (Phi) is 10.3. The van der Waals surface area contributed by atoms with Crippen LogP contribution in [0.5, 0.6) is 0 Å². The van der Waals surface area contributed by atoms with Gasteiger partial charge in [0.25, 0.3) is 0 Å². The molecule has 0 radical (unpaired) electrons. The number of carbonyl (C=O) groups excluding carboxylic acids is 2. The lowest BCUT2D eigenvalue weighted by molar-refractivity contribution is -0.142. The largest absolute Gasteiger partial charge is 0.461 e. The predicted octanol–water partition coefficient (Wildman–Crippen LogP) is 7.08. The smallest absolute Gasteiger partial charge is 0.356 e. The fourth-order valence-corrected chi connectivity index (χ4v) is 7.54. The highest BCUT2D eigenvalue weighted by atomic mass is 16.5. The molecule has 284 valence electrons. The van der Waals surface area contributed by atoms with Crippen molar-refractivity contribution in [3.05, 3.63) is 168 Å². The summed E-state index contributed by atoms with van der Waals surface area (Å²) in [6, 6.07) is 46.4. The number of benzene rings is 5. The van der Waals surface area contributed by atoms with Crippen LogP contribution in [0.3, 0.4) is 0 Å². The SMILES string of the molecule is CCOC(=O)C1=C(C(C)(C)O)NC(C)(COC(C)=O)N1c1ccc(-c2ccccc2-c2nnnn2C(c2ccccc2)(c2ccccc2)c2ccccc2)cc1. The van der Waals surface area contributed by atoms with E-state index >= 15 is 0 Å². The highest BCUT2D eigenvalue weighted by Crippen LogP contribution is 2.44. The quantitative estimate of drug-likeness (QED) is 0.0989. The van der Waals surface area contributed by atoms with E-state index in [4.69, 9.17) is 19.8 Å². The summed E-state index contributed by atoms with van der Waals surface area (Å²) in [4.78, 5) is 27.3. The number of aliphatic hydroxyl groups is 1. The number of nitrogens with one attached hydrogen (secondary N) is 1. The summed E-state index contributed by atoms with van der Waals surface area (Å²) in [5.74, 6) is -0.544. The number of hydrogen-bond donors (Lipinski definition) is 2.